The van der Waals surface area contributed by atoms with Gasteiger partial charge in [0.1, 0.15) is 0 Å². The van der Waals surface area contributed by atoms with E-state index in [9.17, 15) is 4.79 Å². The molecule has 0 amide bonds. The van der Waals surface area contributed by atoms with Gasteiger partial charge in [-0.25, -0.2) is 4.79 Å². The molecule has 4 heteroatoms. The van der Waals surface area contributed by atoms with Crippen molar-refractivity contribution in [3.05, 3.63) is 58.7 Å². The highest BCUT2D eigenvalue weighted by Crippen LogP contribution is 2.31. The van der Waals surface area contributed by atoms with Gasteiger partial charge in [-0.3, -0.25) is 0 Å². The van der Waals surface area contributed by atoms with Crippen LogP contribution in [-0.4, -0.2) is 49.3 Å². The Labute approximate surface area is 191 Å². The number of aliphatic hydroxyl groups is 1. The number of esters is 1. The Kier molecular flexibility index (Phi) is 14.9. The third kappa shape index (κ3) is 14.7. The van der Waals surface area contributed by atoms with Crippen LogP contribution in [0.5, 0.6) is 0 Å². The van der Waals surface area contributed by atoms with Crippen LogP contribution in [0.25, 0.3) is 0 Å². The summed E-state index contributed by atoms with van der Waals surface area (Å²) in [7, 11) is 1.93. The molecule has 0 aliphatic heterocycles. The fourth-order valence-electron chi connectivity index (χ4n) is 3.23. The van der Waals surface area contributed by atoms with Crippen molar-refractivity contribution < 1.29 is 14.6 Å². The van der Waals surface area contributed by atoms with Gasteiger partial charge in [-0.15, -0.1) is 0 Å². The minimum atomic E-state index is -0.320. The molecule has 0 heterocycles. The Morgan fingerprint density at radius 3 is 2.29 bits per heavy atom. The van der Waals surface area contributed by atoms with Crippen LogP contribution in [0.15, 0.2) is 58.7 Å². The number of hydrogen-bond acceptors (Lipinski definition) is 4. The smallest absolute Gasteiger partial charge is 0.331 e. The Bertz CT molecular complexity index is 688. The van der Waals surface area contributed by atoms with Crippen LogP contribution in [0.4, 0.5) is 0 Å². The van der Waals surface area contributed by atoms with Crippen LogP contribution >= 0.6 is 0 Å². The third-order valence-corrected chi connectivity index (χ3v) is 4.88. The number of ether oxygens (including phenoxy) is 1. The van der Waals surface area contributed by atoms with Crippen molar-refractivity contribution in [2.45, 2.75) is 67.7 Å². The molecule has 0 bridgehead atoms. The van der Waals surface area contributed by atoms with Crippen LogP contribution in [0.2, 0.25) is 0 Å². The number of nitrogens with zero attached hydrogens (tertiary/aromatic N) is 1. The molecule has 0 rings (SSSR count). The predicted molar refractivity (Wildman–Crippen MR) is 133 cm³/mol. The number of aliphatic hydroxyl groups excluding tert-OH is 1. The van der Waals surface area contributed by atoms with Crippen molar-refractivity contribution in [3.63, 3.8) is 0 Å². The molecule has 0 aromatic heterocycles. The Balaban J connectivity index is 4.76. The van der Waals surface area contributed by atoms with Gasteiger partial charge in [-0.2, -0.15) is 0 Å². The predicted octanol–water partition coefficient (Wildman–Crippen LogP) is 6.01. The molecule has 0 aliphatic rings. The highest BCUT2D eigenvalue weighted by Gasteiger charge is 2.16. The third-order valence-electron chi connectivity index (χ3n) is 4.88. The molecule has 31 heavy (non-hydrogen) atoms. The standard InChI is InChI=1S/C27H45NO3/c1-9-12-24(4)25(27(5,6)7)16-15-22(2)13-10-14-23(3)21-26(30)31-20-11-17-28(8)18-19-29/h10,13-16,21,29H,9,11-12,17-20H2,1-8H3/b14-10+,16-15+,22-13+,23-21+,25-24-. The van der Waals surface area contributed by atoms with E-state index < -0.39 is 0 Å². The van der Waals surface area contributed by atoms with Crippen LogP contribution in [-0.2, 0) is 9.53 Å². The van der Waals surface area contributed by atoms with E-state index >= 15 is 0 Å². The zero-order valence-electron chi connectivity index (χ0n) is 21.1. The monoisotopic (exact) mass is 431 g/mol. The molecule has 4 nitrogen and oxygen atoms in total. The van der Waals surface area contributed by atoms with Gasteiger partial charge in [0.25, 0.3) is 0 Å². The lowest BCUT2D eigenvalue weighted by Gasteiger charge is -2.23. The molecule has 0 radical (unpaired) electrons. The van der Waals surface area contributed by atoms with Gasteiger partial charge >= 0.3 is 5.97 Å². The number of carbonyl (C=O) groups excluding carboxylic acids is 1. The minimum absolute atomic E-state index is 0.125. The van der Waals surface area contributed by atoms with Gasteiger partial charge in [0, 0.05) is 19.2 Å². The van der Waals surface area contributed by atoms with Crippen molar-refractivity contribution in [3.8, 4) is 0 Å². The summed E-state index contributed by atoms with van der Waals surface area (Å²) in [6.45, 7) is 17.1. The quantitative estimate of drug-likeness (QED) is 0.168. The normalized spacial score (nSPS) is 14.6. The summed E-state index contributed by atoms with van der Waals surface area (Å²) >= 11 is 0. The molecule has 0 saturated carbocycles. The summed E-state index contributed by atoms with van der Waals surface area (Å²) in [4.78, 5) is 13.9. The fraction of sp³-hybridized carbons (Fsp3) is 0.593. The van der Waals surface area contributed by atoms with Gasteiger partial charge in [0.15, 0.2) is 0 Å². The highest BCUT2D eigenvalue weighted by molar-refractivity contribution is 5.83. The largest absolute Gasteiger partial charge is 0.462 e. The first-order valence-electron chi connectivity index (χ1n) is 11.4. The fourth-order valence-corrected chi connectivity index (χ4v) is 3.23. The van der Waals surface area contributed by atoms with Gasteiger partial charge in [0.2, 0.25) is 0 Å². The maximum atomic E-state index is 11.9. The van der Waals surface area contributed by atoms with E-state index in [1.807, 2.05) is 37.1 Å². The SMILES string of the molecule is CCC/C(C)=C(/C=C/C(C)=C/C=C/C(C)=C/C(=O)OCCCN(C)CCO)C(C)(C)C. The van der Waals surface area contributed by atoms with E-state index in [-0.39, 0.29) is 18.0 Å². The molecule has 0 fully saturated rings. The summed E-state index contributed by atoms with van der Waals surface area (Å²) in [5.74, 6) is -0.320. The van der Waals surface area contributed by atoms with Crippen molar-refractivity contribution in [2.24, 2.45) is 5.41 Å². The molecular formula is C27H45NO3. The molecule has 0 aromatic carbocycles. The zero-order valence-corrected chi connectivity index (χ0v) is 21.1. The summed E-state index contributed by atoms with van der Waals surface area (Å²) in [5.41, 5.74) is 4.98. The first kappa shape index (κ1) is 29.1. The van der Waals surface area contributed by atoms with Crippen molar-refractivity contribution >= 4 is 5.97 Å². The Hall–Kier alpha value is -1.91. The first-order chi connectivity index (χ1) is 14.5. The molecular weight excluding hydrogens is 386 g/mol. The molecule has 0 aliphatic carbocycles. The van der Waals surface area contributed by atoms with Crippen LogP contribution in [0, 0.1) is 5.41 Å². The van der Waals surface area contributed by atoms with Crippen molar-refractivity contribution in [1.82, 2.24) is 4.90 Å². The van der Waals surface area contributed by atoms with Crippen LogP contribution < -0.4 is 0 Å². The van der Waals surface area contributed by atoms with Gasteiger partial charge in [-0.05, 0) is 57.2 Å². The van der Waals surface area contributed by atoms with E-state index in [4.69, 9.17) is 9.84 Å². The summed E-state index contributed by atoms with van der Waals surface area (Å²) < 4.78 is 5.24. The van der Waals surface area contributed by atoms with E-state index in [0.717, 1.165) is 37.0 Å². The van der Waals surface area contributed by atoms with Crippen molar-refractivity contribution in [2.75, 3.05) is 33.4 Å². The summed E-state index contributed by atoms with van der Waals surface area (Å²) in [6, 6.07) is 0. The second kappa shape index (κ2) is 15.8. The first-order valence-corrected chi connectivity index (χ1v) is 11.4. The number of rotatable bonds is 13. The van der Waals surface area contributed by atoms with Gasteiger partial charge in [0.05, 0.1) is 13.2 Å². The number of allylic oxidation sites excluding steroid dienone is 9. The maximum Gasteiger partial charge on any atom is 0.331 e. The molecule has 0 saturated heterocycles. The average molecular weight is 432 g/mol. The Morgan fingerprint density at radius 2 is 1.71 bits per heavy atom. The second-order valence-electron chi connectivity index (χ2n) is 9.23. The summed E-state index contributed by atoms with van der Waals surface area (Å²) in [5, 5.41) is 8.86. The van der Waals surface area contributed by atoms with E-state index in [1.165, 1.54) is 17.2 Å². The molecule has 0 atom stereocenters. The number of hydrogen-bond donors (Lipinski definition) is 1. The van der Waals surface area contributed by atoms with Gasteiger partial charge in [-0.1, -0.05) is 75.6 Å². The van der Waals surface area contributed by atoms with Crippen LogP contribution in [0.1, 0.15) is 67.7 Å². The zero-order chi connectivity index (χ0) is 23.9. The second-order valence-corrected chi connectivity index (χ2v) is 9.23. The minimum Gasteiger partial charge on any atom is -0.462 e. The lowest BCUT2D eigenvalue weighted by molar-refractivity contribution is -0.137. The lowest BCUT2D eigenvalue weighted by Crippen LogP contribution is -2.24. The molecule has 0 unspecified atom stereocenters. The summed E-state index contributed by atoms with van der Waals surface area (Å²) in [6.07, 6.45) is 14.9. The van der Waals surface area contributed by atoms with E-state index in [2.05, 4.69) is 53.7 Å². The van der Waals surface area contributed by atoms with E-state index in [1.54, 1.807) is 0 Å². The van der Waals surface area contributed by atoms with Crippen molar-refractivity contribution in [1.29, 1.82) is 0 Å². The lowest BCUT2D eigenvalue weighted by atomic mass is 9.82. The van der Waals surface area contributed by atoms with Gasteiger partial charge < -0.3 is 14.7 Å². The van der Waals surface area contributed by atoms with Crippen LogP contribution in [0.3, 0.4) is 0 Å². The number of carbonyl (C=O) groups is 1. The molecule has 176 valence electrons. The molecule has 1 N–H and O–H groups in total. The topological polar surface area (TPSA) is 49.8 Å². The molecule has 0 aromatic rings. The van der Waals surface area contributed by atoms with E-state index in [0.29, 0.717) is 13.2 Å². The Morgan fingerprint density at radius 1 is 1.03 bits per heavy atom. The highest BCUT2D eigenvalue weighted by atomic mass is 16.5. The maximum absolute atomic E-state index is 11.9. The average Bonchev–Trinajstić information content (AvgIpc) is 2.64. The molecule has 0 spiro atoms. The number of likely N-dealkylation sites (N-methyl/N-ethyl adjacent to an activating group) is 1.